The fourth-order valence-electron chi connectivity index (χ4n) is 2.11. The smallest absolute Gasteiger partial charge is 0.223 e. The molecule has 2 rings (SSSR count). The van der Waals surface area contributed by atoms with Gasteiger partial charge in [0.1, 0.15) is 0 Å². The van der Waals surface area contributed by atoms with Gasteiger partial charge in [0.15, 0.2) is 0 Å². The first-order valence-corrected chi connectivity index (χ1v) is 6.14. The Morgan fingerprint density at radius 2 is 2.18 bits per heavy atom. The number of amides is 1. The van der Waals surface area contributed by atoms with E-state index in [1.807, 2.05) is 18.2 Å². The van der Waals surface area contributed by atoms with Crippen LogP contribution in [0.3, 0.4) is 0 Å². The van der Waals surface area contributed by atoms with Crippen LogP contribution in [0.25, 0.3) is 0 Å². The summed E-state index contributed by atoms with van der Waals surface area (Å²) in [6.45, 7) is 1.41. The zero-order chi connectivity index (χ0) is 12.1. The van der Waals surface area contributed by atoms with E-state index in [4.69, 9.17) is 4.74 Å². The molecule has 3 nitrogen and oxygen atoms in total. The minimum Gasteiger partial charge on any atom is -0.385 e. The van der Waals surface area contributed by atoms with E-state index in [9.17, 15) is 4.79 Å². The molecule has 0 saturated heterocycles. The molecule has 0 heterocycles. The first-order chi connectivity index (χ1) is 8.33. The number of carbonyl (C=O) groups is 1. The van der Waals surface area contributed by atoms with Crippen LogP contribution in [-0.2, 0) is 9.53 Å². The third kappa shape index (κ3) is 3.30. The van der Waals surface area contributed by atoms with E-state index in [-0.39, 0.29) is 11.8 Å². The van der Waals surface area contributed by atoms with E-state index in [1.165, 1.54) is 5.56 Å². The minimum atomic E-state index is 0.181. The Morgan fingerprint density at radius 1 is 1.41 bits per heavy atom. The maximum Gasteiger partial charge on any atom is 0.223 e. The molecule has 1 aliphatic carbocycles. The van der Waals surface area contributed by atoms with Gasteiger partial charge in [0.05, 0.1) is 0 Å². The Labute approximate surface area is 102 Å². The predicted molar refractivity (Wildman–Crippen MR) is 66.8 cm³/mol. The molecule has 17 heavy (non-hydrogen) atoms. The van der Waals surface area contributed by atoms with Crippen LogP contribution in [0.15, 0.2) is 30.3 Å². The van der Waals surface area contributed by atoms with Crippen molar-refractivity contribution in [2.45, 2.75) is 18.8 Å². The Morgan fingerprint density at radius 3 is 2.88 bits per heavy atom. The molecule has 1 N–H and O–H groups in total. The molecule has 1 aliphatic rings. The van der Waals surface area contributed by atoms with Gasteiger partial charge in [-0.15, -0.1) is 0 Å². The van der Waals surface area contributed by atoms with Gasteiger partial charge < -0.3 is 10.1 Å². The molecule has 3 heteroatoms. The number of methoxy groups -OCH3 is 1. The zero-order valence-corrected chi connectivity index (χ0v) is 10.2. The first kappa shape index (κ1) is 12.1. The summed E-state index contributed by atoms with van der Waals surface area (Å²) < 4.78 is 4.94. The Hall–Kier alpha value is -1.35. The Balaban J connectivity index is 1.73. The maximum absolute atomic E-state index is 11.8. The highest BCUT2D eigenvalue weighted by molar-refractivity contribution is 5.82. The summed E-state index contributed by atoms with van der Waals surface area (Å²) in [6, 6.07) is 10.3. The summed E-state index contributed by atoms with van der Waals surface area (Å²) in [6.07, 6.45) is 1.87. The molecule has 1 fully saturated rings. The van der Waals surface area contributed by atoms with Gasteiger partial charge in [0.2, 0.25) is 5.91 Å². The number of carbonyl (C=O) groups excluding carboxylic acids is 1. The summed E-state index contributed by atoms with van der Waals surface area (Å²) in [7, 11) is 1.67. The van der Waals surface area contributed by atoms with Crippen LogP contribution in [0.5, 0.6) is 0 Å². The number of nitrogens with one attached hydrogen (secondary N) is 1. The second-order valence-electron chi connectivity index (χ2n) is 4.50. The van der Waals surface area contributed by atoms with Crippen molar-refractivity contribution in [3.05, 3.63) is 35.9 Å². The van der Waals surface area contributed by atoms with Crippen molar-refractivity contribution in [3.8, 4) is 0 Å². The summed E-state index contributed by atoms with van der Waals surface area (Å²) in [4.78, 5) is 11.8. The first-order valence-electron chi connectivity index (χ1n) is 6.14. The van der Waals surface area contributed by atoms with Gasteiger partial charge in [-0.1, -0.05) is 30.3 Å². The minimum absolute atomic E-state index is 0.181. The zero-order valence-electron chi connectivity index (χ0n) is 10.2. The quantitative estimate of drug-likeness (QED) is 0.763. The molecule has 92 valence electrons. The van der Waals surface area contributed by atoms with E-state index in [1.54, 1.807) is 7.11 Å². The number of rotatable bonds is 6. The van der Waals surface area contributed by atoms with Crippen molar-refractivity contribution in [2.24, 2.45) is 5.92 Å². The third-order valence-electron chi connectivity index (χ3n) is 3.18. The highest BCUT2D eigenvalue weighted by Gasteiger charge is 2.43. The lowest BCUT2D eigenvalue weighted by Gasteiger charge is -2.04. The molecule has 1 aromatic carbocycles. The molecular weight excluding hydrogens is 214 g/mol. The highest BCUT2D eigenvalue weighted by Crippen LogP contribution is 2.47. The molecule has 1 aromatic rings. The van der Waals surface area contributed by atoms with Crippen molar-refractivity contribution in [2.75, 3.05) is 20.3 Å². The van der Waals surface area contributed by atoms with Crippen LogP contribution < -0.4 is 5.32 Å². The molecule has 0 radical (unpaired) electrons. The van der Waals surface area contributed by atoms with Gasteiger partial charge in [-0.05, 0) is 24.3 Å². The SMILES string of the molecule is COCCCNC(=O)C1CC1c1ccccc1. The van der Waals surface area contributed by atoms with Crippen molar-refractivity contribution in [1.82, 2.24) is 5.32 Å². The van der Waals surface area contributed by atoms with Crippen molar-refractivity contribution >= 4 is 5.91 Å². The van der Waals surface area contributed by atoms with E-state index in [0.717, 1.165) is 12.8 Å². The monoisotopic (exact) mass is 233 g/mol. The van der Waals surface area contributed by atoms with Crippen LogP contribution >= 0.6 is 0 Å². The lowest BCUT2D eigenvalue weighted by atomic mass is 10.1. The second kappa shape index (κ2) is 5.82. The highest BCUT2D eigenvalue weighted by atomic mass is 16.5. The molecule has 1 amide bonds. The summed E-state index contributed by atoms with van der Waals surface area (Å²) in [5.41, 5.74) is 1.28. The normalized spacial score (nSPS) is 22.2. The van der Waals surface area contributed by atoms with Gasteiger partial charge in [-0.2, -0.15) is 0 Å². The lowest BCUT2D eigenvalue weighted by molar-refractivity contribution is -0.122. The number of hydrogen-bond acceptors (Lipinski definition) is 2. The molecule has 0 aliphatic heterocycles. The summed E-state index contributed by atoms with van der Waals surface area (Å²) in [5, 5.41) is 2.96. The molecular formula is C14H19NO2. The number of ether oxygens (including phenoxy) is 1. The molecule has 2 atom stereocenters. The standard InChI is InChI=1S/C14H19NO2/c1-17-9-5-8-15-14(16)13-10-12(13)11-6-3-2-4-7-11/h2-4,6-7,12-13H,5,8-10H2,1H3,(H,15,16). The number of hydrogen-bond donors (Lipinski definition) is 1. The fourth-order valence-corrected chi connectivity index (χ4v) is 2.11. The Bertz CT molecular complexity index is 364. The molecule has 0 spiro atoms. The van der Waals surface area contributed by atoms with Crippen LogP contribution in [0.2, 0.25) is 0 Å². The van der Waals surface area contributed by atoms with Gasteiger partial charge in [0.25, 0.3) is 0 Å². The lowest BCUT2D eigenvalue weighted by Crippen LogP contribution is -2.27. The van der Waals surface area contributed by atoms with E-state index < -0.39 is 0 Å². The molecule has 2 unspecified atom stereocenters. The van der Waals surface area contributed by atoms with Gasteiger partial charge in [-0.3, -0.25) is 4.79 Å². The van der Waals surface area contributed by atoms with Crippen molar-refractivity contribution in [3.63, 3.8) is 0 Å². The van der Waals surface area contributed by atoms with Crippen LogP contribution in [0.4, 0.5) is 0 Å². The van der Waals surface area contributed by atoms with E-state index in [0.29, 0.717) is 19.1 Å². The average Bonchev–Trinajstić information content (AvgIpc) is 3.16. The van der Waals surface area contributed by atoms with Crippen LogP contribution in [-0.4, -0.2) is 26.2 Å². The average molecular weight is 233 g/mol. The van der Waals surface area contributed by atoms with E-state index >= 15 is 0 Å². The largest absolute Gasteiger partial charge is 0.385 e. The van der Waals surface area contributed by atoms with Gasteiger partial charge in [-0.25, -0.2) is 0 Å². The summed E-state index contributed by atoms with van der Waals surface area (Å²) in [5.74, 6) is 0.800. The second-order valence-corrected chi connectivity index (χ2v) is 4.50. The topological polar surface area (TPSA) is 38.3 Å². The van der Waals surface area contributed by atoms with Crippen molar-refractivity contribution < 1.29 is 9.53 Å². The maximum atomic E-state index is 11.8. The third-order valence-corrected chi connectivity index (χ3v) is 3.18. The Kier molecular flexibility index (Phi) is 4.15. The van der Waals surface area contributed by atoms with Crippen molar-refractivity contribution in [1.29, 1.82) is 0 Å². The van der Waals surface area contributed by atoms with E-state index in [2.05, 4.69) is 17.4 Å². The summed E-state index contributed by atoms with van der Waals surface area (Å²) >= 11 is 0. The fraction of sp³-hybridized carbons (Fsp3) is 0.500. The van der Waals surface area contributed by atoms with Gasteiger partial charge >= 0.3 is 0 Å². The number of benzene rings is 1. The van der Waals surface area contributed by atoms with Crippen LogP contribution in [0, 0.1) is 5.92 Å². The molecule has 1 saturated carbocycles. The predicted octanol–water partition coefficient (Wildman–Crippen LogP) is 1.94. The molecule has 0 aromatic heterocycles. The van der Waals surface area contributed by atoms with Crippen LogP contribution in [0.1, 0.15) is 24.3 Å². The molecule has 0 bridgehead atoms. The van der Waals surface area contributed by atoms with Gasteiger partial charge in [0, 0.05) is 26.2 Å².